The van der Waals surface area contributed by atoms with Crippen LogP contribution in [0, 0.1) is 10.1 Å². The second kappa shape index (κ2) is 6.91. The number of non-ortho nitro benzene ring substituents is 1. The molecule has 0 unspecified atom stereocenters. The zero-order valence-corrected chi connectivity index (χ0v) is 12.6. The summed E-state index contributed by atoms with van der Waals surface area (Å²) in [7, 11) is 0. The summed E-state index contributed by atoms with van der Waals surface area (Å²) in [5.41, 5.74) is 2.03. The van der Waals surface area contributed by atoms with Crippen molar-refractivity contribution in [2.45, 2.75) is 13.5 Å². The van der Waals surface area contributed by atoms with E-state index >= 15 is 0 Å². The summed E-state index contributed by atoms with van der Waals surface area (Å²) in [5, 5.41) is 17.1. The summed E-state index contributed by atoms with van der Waals surface area (Å²) in [6, 6.07) is 11.4. The minimum absolute atomic E-state index is 0.0347. The molecule has 2 rings (SSSR count). The number of nitrogens with zero attached hydrogens (tertiary/aromatic N) is 1. The van der Waals surface area contributed by atoms with Crippen molar-refractivity contribution in [3.8, 4) is 0 Å². The van der Waals surface area contributed by atoms with Crippen LogP contribution in [0.5, 0.6) is 0 Å². The Morgan fingerprint density at radius 1 is 1.23 bits per heavy atom. The van der Waals surface area contributed by atoms with Crippen LogP contribution in [0.15, 0.2) is 42.5 Å². The monoisotopic (exact) mass is 319 g/mol. The molecule has 6 nitrogen and oxygen atoms in total. The predicted molar refractivity (Wildman–Crippen MR) is 86.2 cm³/mol. The van der Waals surface area contributed by atoms with Gasteiger partial charge in [-0.2, -0.15) is 0 Å². The number of halogens is 1. The van der Waals surface area contributed by atoms with Gasteiger partial charge in [-0.3, -0.25) is 14.9 Å². The van der Waals surface area contributed by atoms with Gasteiger partial charge in [0.05, 0.1) is 16.3 Å². The van der Waals surface area contributed by atoms with Crippen molar-refractivity contribution in [2.24, 2.45) is 0 Å². The standard InChI is InChI=1S/C15H14ClN3O3/c1-10(20)18-14-6-5-12(16)8-15(14)17-9-11-3-2-4-13(7-11)19(21)22/h2-8,17H,9H2,1H3,(H,18,20). The quantitative estimate of drug-likeness (QED) is 0.648. The molecule has 0 atom stereocenters. The van der Waals surface area contributed by atoms with Gasteiger partial charge in [0.1, 0.15) is 0 Å². The van der Waals surface area contributed by atoms with E-state index in [1.54, 1.807) is 30.3 Å². The number of nitro groups is 1. The van der Waals surface area contributed by atoms with Crippen molar-refractivity contribution in [1.29, 1.82) is 0 Å². The first kappa shape index (κ1) is 15.8. The Balaban J connectivity index is 2.17. The van der Waals surface area contributed by atoms with Gasteiger partial charge in [0.15, 0.2) is 0 Å². The lowest BCUT2D eigenvalue weighted by Crippen LogP contribution is -2.09. The molecule has 0 fully saturated rings. The molecule has 0 aliphatic rings. The predicted octanol–water partition coefficient (Wildman–Crippen LogP) is 3.82. The van der Waals surface area contributed by atoms with Gasteiger partial charge in [-0.1, -0.05) is 23.7 Å². The highest BCUT2D eigenvalue weighted by atomic mass is 35.5. The minimum Gasteiger partial charge on any atom is -0.379 e. The Labute approximate surface area is 132 Å². The number of anilines is 2. The molecule has 1 amide bonds. The number of rotatable bonds is 5. The highest BCUT2D eigenvalue weighted by Gasteiger charge is 2.08. The third-order valence-electron chi connectivity index (χ3n) is 2.90. The number of carbonyl (C=O) groups is 1. The van der Waals surface area contributed by atoms with Gasteiger partial charge in [0, 0.05) is 30.6 Å². The van der Waals surface area contributed by atoms with Crippen LogP contribution in [0.1, 0.15) is 12.5 Å². The fourth-order valence-corrected chi connectivity index (χ4v) is 2.11. The van der Waals surface area contributed by atoms with E-state index in [9.17, 15) is 14.9 Å². The molecule has 0 aromatic heterocycles. The third kappa shape index (κ3) is 4.20. The lowest BCUT2D eigenvalue weighted by molar-refractivity contribution is -0.384. The molecular weight excluding hydrogens is 306 g/mol. The molecule has 2 N–H and O–H groups in total. The molecule has 22 heavy (non-hydrogen) atoms. The molecule has 0 saturated carbocycles. The van der Waals surface area contributed by atoms with Crippen LogP contribution >= 0.6 is 11.6 Å². The third-order valence-corrected chi connectivity index (χ3v) is 3.13. The first-order valence-electron chi connectivity index (χ1n) is 6.50. The van der Waals surface area contributed by atoms with Crippen molar-refractivity contribution in [1.82, 2.24) is 0 Å². The first-order chi connectivity index (χ1) is 10.5. The zero-order valence-electron chi connectivity index (χ0n) is 11.8. The lowest BCUT2D eigenvalue weighted by atomic mass is 10.2. The van der Waals surface area contributed by atoms with Gasteiger partial charge >= 0.3 is 0 Å². The van der Waals surface area contributed by atoms with Gasteiger partial charge in [0.25, 0.3) is 5.69 Å². The molecule has 0 saturated heterocycles. The molecule has 0 aliphatic heterocycles. The second-order valence-electron chi connectivity index (χ2n) is 4.65. The Bertz CT molecular complexity index is 719. The molecule has 2 aromatic rings. The number of amides is 1. The number of nitro benzene ring substituents is 1. The van der Waals surface area contributed by atoms with Crippen LogP contribution in [-0.2, 0) is 11.3 Å². The van der Waals surface area contributed by atoms with E-state index < -0.39 is 4.92 Å². The zero-order chi connectivity index (χ0) is 16.1. The number of benzene rings is 2. The van der Waals surface area contributed by atoms with Crippen molar-refractivity contribution >= 4 is 34.6 Å². The topological polar surface area (TPSA) is 84.3 Å². The van der Waals surface area contributed by atoms with Crippen molar-refractivity contribution in [2.75, 3.05) is 10.6 Å². The van der Waals surface area contributed by atoms with Crippen LogP contribution in [0.4, 0.5) is 17.1 Å². The average molecular weight is 320 g/mol. The van der Waals surface area contributed by atoms with E-state index in [2.05, 4.69) is 10.6 Å². The molecule has 0 heterocycles. The fraction of sp³-hybridized carbons (Fsp3) is 0.133. The van der Waals surface area contributed by atoms with Gasteiger partial charge in [-0.05, 0) is 23.8 Å². The van der Waals surface area contributed by atoms with Crippen molar-refractivity contribution in [3.05, 3.63) is 63.2 Å². The first-order valence-corrected chi connectivity index (χ1v) is 6.88. The minimum atomic E-state index is -0.439. The number of hydrogen-bond donors (Lipinski definition) is 2. The lowest BCUT2D eigenvalue weighted by Gasteiger charge is -2.13. The molecule has 0 aliphatic carbocycles. The molecule has 7 heteroatoms. The Morgan fingerprint density at radius 2 is 2.00 bits per heavy atom. The van der Waals surface area contributed by atoms with Crippen LogP contribution in [-0.4, -0.2) is 10.8 Å². The maximum atomic E-state index is 11.2. The van der Waals surface area contributed by atoms with Gasteiger partial charge in [0.2, 0.25) is 5.91 Å². The summed E-state index contributed by atoms with van der Waals surface area (Å²) in [6.07, 6.45) is 0. The molecular formula is C15H14ClN3O3. The maximum absolute atomic E-state index is 11.2. The molecule has 114 valence electrons. The molecule has 0 spiro atoms. The largest absolute Gasteiger partial charge is 0.379 e. The highest BCUT2D eigenvalue weighted by molar-refractivity contribution is 6.31. The van der Waals surface area contributed by atoms with Gasteiger partial charge in [-0.25, -0.2) is 0 Å². The maximum Gasteiger partial charge on any atom is 0.269 e. The Morgan fingerprint density at radius 3 is 2.68 bits per heavy atom. The Kier molecular flexibility index (Phi) is 4.95. The molecule has 0 bridgehead atoms. The smallest absolute Gasteiger partial charge is 0.269 e. The summed E-state index contributed by atoms with van der Waals surface area (Å²) in [5.74, 6) is -0.194. The average Bonchev–Trinajstić information content (AvgIpc) is 2.47. The molecule has 2 aromatic carbocycles. The summed E-state index contributed by atoms with van der Waals surface area (Å²) in [6.45, 7) is 1.79. The number of hydrogen-bond acceptors (Lipinski definition) is 4. The van der Waals surface area contributed by atoms with E-state index in [0.29, 0.717) is 22.9 Å². The van der Waals surface area contributed by atoms with E-state index in [0.717, 1.165) is 5.56 Å². The van der Waals surface area contributed by atoms with Crippen molar-refractivity contribution in [3.63, 3.8) is 0 Å². The van der Waals surface area contributed by atoms with Crippen LogP contribution in [0.2, 0.25) is 5.02 Å². The van der Waals surface area contributed by atoms with E-state index in [1.165, 1.54) is 19.1 Å². The van der Waals surface area contributed by atoms with Crippen LogP contribution in [0.3, 0.4) is 0 Å². The van der Waals surface area contributed by atoms with Crippen LogP contribution in [0.25, 0.3) is 0 Å². The van der Waals surface area contributed by atoms with E-state index in [4.69, 9.17) is 11.6 Å². The second-order valence-corrected chi connectivity index (χ2v) is 5.09. The highest BCUT2D eigenvalue weighted by Crippen LogP contribution is 2.26. The van der Waals surface area contributed by atoms with Crippen LogP contribution < -0.4 is 10.6 Å². The molecule has 0 radical (unpaired) electrons. The van der Waals surface area contributed by atoms with Gasteiger partial charge < -0.3 is 10.6 Å². The van der Waals surface area contributed by atoms with E-state index in [-0.39, 0.29) is 11.6 Å². The SMILES string of the molecule is CC(=O)Nc1ccc(Cl)cc1NCc1cccc([N+](=O)[O-])c1. The fourth-order valence-electron chi connectivity index (χ4n) is 1.94. The summed E-state index contributed by atoms with van der Waals surface area (Å²) < 4.78 is 0. The van der Waals surface area contributed by atoms with Gasteiger partial charge in [-0.15, -0.1) is 0 Å². The summed E-state index contributed by atoms with van der Waals surface area (Å²) >= 11 is 5.96. The van der Waals surface area contributed by atoms with Crippen molar-refractivity contribution < 1.29 is 9.72 Å². The summed E-state index contributed by atoms with van der Waals surface area (Å²) in [4.78, 5) is 21.5. The number of nitrogens with one attached hydrogen (secondary N) is 2. The van der Waals surface area contributed by atoms with E-state index in [1.807, 2.05) is 0 Å². The number of carbonyl (C=O) groups excluding carboxylic acids is 1. The normalized spacial score (nSPS) is 10.1. The Hall–Kier alpha value is -2.60.